The van der Waals surface area contributed by atoms with Crippen molar-refractivity contribution in [3.8, 4) is 0 Å². The Hall–Kier alpha value is -2.17. The molecule has 0 bridgehead atoms. The van der Waals surface area contributed by atoms with Gasteiger partial charge in [0.1, 0.15) is 18.2 Å². The maximum Gasteiger partial charge on any atom is 0.325 e. The molecule has 0 saturated carbocycles. The van der Waals surface area contributed by atoms with E-state index in [1.807, 2.05) is 17.0 Å². The molecular formula is C19H25FN2O2. The van der Waals surface area contributed by atoms with E-state index in [9.17, 15) is 9.18 Å². The van der Waals surface area contributed by atoms with Crippen molar-refractivity contribution >= 4 is 17.5 Å². The Morgan fingerprint density at radius 1 is 1.42 bits per heavy atom. The van der Waals surface area contributed by atoms with E-state index in [0.717, 1.165) is 29.9 Å². The second-order valence-electron chi connectivity index (χ2n) is 6.47. The highest BCUT2D eigenvalue weighted by molar-refractivity contribution is 5.91. The van der Waals surface area contributed by atoms with Crippen molar-refractivity contribution in [3.05, 3.63) is 41.2 Å². The molecule has 0 aromatic heterocycles. The monoisotopic (exact) mass is 332 g/mol. The number of carbonyl (C=O) groups is 1. The van der Waals surface area contributed by atoms with E-state index >= 15 is 0 Å². The molecule has 0 spiro atoms. The van der Waals surface area contributed by atoms with Crippen LogP contribution in [0.5, 0.6) is 0 Å². The summed E-state index contributed by atoms with van der Waals surface area (Å²) in [5, 5.41) is 0. The molecule has 1 aromatic carbocycles. The second kappa shape index (κ2) is 8.08. The molecule has 1 aliphatic heterocycles. The van der Waals surface area contributed by atoms with Gasteiger partial charge in [0.05, 0.1) is 12.8 Å². The SMILES string of the molecule is COC(=O)CN1CCC=C(c2ccc(F)c(C)c2)N=C1CC(C)C. The van der Waals surface area contributed by atoms with E-state index < -0.39 is 0 Å². The summed E-state index contributed by atoms with van der Waals surface area (Å²) >= 11 is 0. The van der Waals surface area contributed by atoms with E-state index in [2.05, 4.69) is 13.8 Å². The van der Waals surface area contributed by atoms with Crippen molar-refractivity contribution in [2.45, 2.75) is 33.6 Å². The third-order valence-corrected chi connectivity index (χ3v) is 3.94. The Morgan fingerprint density at radius 2 is 2.17 bits per heavy atom. The highest BCUT2D eigenvalue weighted by Crippen LogP contribution is 2.24. The Kier molecular flexibility index (Phi) is 6.12. The lowest BCUT2D eigenvalue weighted by Gasteiger charge is -2.24. The van der Waals surface area contributed by atoms with Crippen molar-refractivity contribution in [2.24, 2.45) is 10.9 Å². The van der Waals surface area contributed by atoms with Gasteiger partial charge < -0.3 is 9.64 Å². The summed E-state index contributed by atoms with van der Waals surface area (Å²) in [5.41, 5.74) is 2.33. The van der Waals surface area contributed by atoms with Crippen LogP contribution < -0.4 is 0 Å². The highest BCUT2D eigenvalue weighted by atomic mass is 19.1. The van der Waals surface area contributed by atoms with E-state index in [1.54, 1.807) is 13.0 Å². The predicted octanol–water partition coefficient (Wildman–Crippen LogP) is 3.80. The lowest BCUT2D eigenvalue weighted by molar-refractivity contribution is -0.141. The number of benzene rings is 1. The predicted molar refractivity (Wildman–Crippen MR) is 94.2 cm³/mol. The molecule has 130 valence electrons. The number of rotatable bonds is 5. The smallest absolute Gasteiger partial charge is 0.325 e. The fraction of sp³-hybridized carbons (Fsp3) is 0.474. The van der Waals surface area contributed by atoms with Gasteiger partial charge in [-0.05, 0) is 43.0 Å². The molecule has 0 fully saturated rings. The minimum absolute atomic E-state index is 0.200. The van der Waals surface area contributed by atoms with Gasteiger partial charge in [0.2, 0.25) is 0 Å². The van der Waals surface area contributed by atoms with E-state index in [4.69, 9.17) is 9.73 Å². The average Bonchev–Trinajstić information content (AvgIpc) is 2.72. The van der Waals surface area contributed by atoms with Crippen molar-refractivity contribution in [2.75, 3.05) is 20.2 Å². The van der Waals surface area contributed by atoms with Crippen LogP contribution in [0.3, 0.4) is 0 Å². The van der Waals surface area contributed by atoms with Gasteiger partial charge >= 0.3 is 5.97 Å². The summed E-state index contributed by atoms with van der Waals surface area (Å²) < 4.78 is 18.3. The summed E-state index contributed by atoms with van der Waals surface area (Å²) in [4.78, 5) is 18.5. The Morgan fingerprint density at radius 3 is 2.79 bits per heavy atom. The van der Waals surface area contributed by atoms with Crippen LogP contribution in [-0.4, -0.2) is 36.9 Å². The number of aryl methyl sites for hydroxylation is 1. The molecule has 0 amide bonds. The van der Waals surface area contributed by atoms with Gasteiger partial charge in [-0.25, -0.2) is 9.38 Å². The van der Waals surface area contributed by atoms with Crippen LogP contribution in [0.15, 0.2) is 29.3 Å². The van der Waals surface area contributed by atoms with E-state index in [-0.39, 0.29) is 18.3 Å². The third-order valence-electron chi connectivity index (χ3n) is 3.94. The van der Waals surface area contributed by atoms with Crippen LogP contribution in [0, 0.1) is 18.7 Å². The zero-order chi connectivity index (χ0) is 17.7. The molecule has 24 heavy (non-hydrogen) atoms. The van der Waals surface area contributed by atoms with Crippen molar-refractivity contribution < 1.29 is 13.9 Å². The number of aliphatic imine (C=N–C) groups is 1. The Balaban J connectivity index is 2.34. The van der Waals surface area contributed by atoms with Crippen molar-refractivity contribution in [1.82, 2.24) is 4.90 Å². The second-order valence-corrected chi connectivity index (χ2v) is 6.47. The third kappa shape index (κ3) is 4.66. The number of halogens is 1. The number of carbonyl (C=O) groups excluding carboxylic acids is 1. The molecule has 1 aromatic rings. The minimum atomic E-state index is -0.271. The molecule has 0 atom stereocenters. The molecule has 4 nitrogen and oxygen atoms in total. The van der Waals surface area contributed by atoms with Gasteiger partial charge in [0.15, 0.2) is 0 Å². The molecule has 0 radical (unpaired) electrons. The molecule has 0 N–H and O–H groups in total. The first-order chi connectivity index (χ1) is 11.4. The first-order valence-electron chi connectivity index (χ1n) is 8.26. The molecule has 1 heterocycles. The average molecular weight is 332 g/mol. The number of hydrogen-bond acceptors (Lipinski definition) is 4. The van der Waals surface area contributed by atoms with Gasteiger partial charge in [0.25, 0.3) is 0 Å². The summed E-state index contributed by atoms with van der Waals surface area (Å²) in [5.74, 6) is 0.804. The zero-order valence-corrected chi connectivity index (χ0v) is 14.8. The van der Waals surface area contributed by atoms with Crippen LogP contribution in [-0.2, 0) is 9.53 Å². The maximum absolute atomic E-state index is 13.5. The molecular weight excluding hydrogens is 307 g/mol. The largest absolute Gasteiger partial charge is 0.468 e. The minimum Gasteiger partial charge on any atom is -0.468 e. The molecule has 2 rings (SSSR count). The van der Waals surface area contributed by atoms with Crippen molar-refractivity contribution in [3.63, 3.8) is 0 Å². The van der Waals surface area contributed by atoms with Crippen LogP contribution in [0.25, 0.3) is 5.70 Å². The summed E-state index contributed by atoms with van der Waals surface area (Å²) in [7, 11) is 1.39. The summed E-state index contributed by atoms with van der Waals surface area (Å²) in [6, 6.07) is 5.04. The zero-order valence-electron chi connectivity index (χ0n) is 14.8. The number of methoxy groups -OCH3 is 1. The van der Waals surface area contributed by atoms with Gasteiger partial charge in [-0.3, -0.25) is 4.79 Å². The summed E-state index contributed by atoms with van der Waals surface area (Å²) in [6.45, 7) is 6.90. The Labute approximate surface area is 143 Å². The van der Waals surface area contributed by atoms with E-state index in [1.165, 1.54) is 13.2 Å². The first-order valence-corrected chi connectivity index (χ1v) is 8.26. The van der Waals surface area contributed by atoms with Crippen molar-refractivity contribution in [1.29, 1.82) is 0 Å². The van der Waals surface area contributed by atoms with Gasteiger partial charge in [0, 0.05) is 18.5 Å². The lowest BCUT2D eigenvalue weighted by Crippen LogP contribution is -2.37. The fourth-order valence-electron chi connectivity index (χ4n) is 2.66. The number of amidine groups is 1. The molecule has 5 heteroatoms. The van der Waals surface area contributed by atoms with Crippen LogP contribution in [0.4, 0.5) is 4.39 Å². The molecule has 0 aliphatic carbocycles. The molecule has 0 saturated heterocycles. The maximum atomic E-state index is 13.5. The lowest BCUT2D eigenvalue weighted by atomic mass is 10.1. The van der Waals surface area contributed by atoms with Gasteiger partial charge in [-0.15, -0.1) is 0 Å². The number of esters is 1. The Bertz CT molecular complexity index is 665. The van der Waals surface area contributed by atoms with Gasteiger partial charge in [-0.1, -0.05) is 19.9 Å². The topological polar surface area (TPSA) is 41.9 Å². The number of nitrogens with zero attached hydrogens (tertiary/aromatic N) is 2. The molecule has 0 unspecified atom stereocenters. The van der Waals surface area contributed by atoms with Crippen LogP contribution >= 0.6 is 0 Å². The normalized spacial score (nSPS) is 15.0. The van der Waals surface area contributed by atoms with E-state index in [0.29, 0.717) is 18.0 Å². The quantitative estimate of drug-likeness (QED) is 0.770. The molecule has 1 aliphatic rings. The first kappa shape index (κ1) is 18.2. The number of hydrogen-bond donors (Lipinski definition) is 0. The van der Waals surface area contributed by atoms with Gasteiger partial charge in [-0.2, -0.15) is 0 Å². The van der Waals surface area contributed by atoms with Crippen LogP contribution in [0.1, 0.15) is 37.8 Å². The number of ether oxygens (including phenoxy) is 1. The highest BCUT2D eigenvalue weighted by Gasteiger charge is 2.19. The fourth-order valence-corrected chi connectivity index (χ4v) is 2.66. The summed E-state index contributed by atoms with van der Waals surface area (Å²) in [6.07, 6.45) is 3.59. The van der Waals surface area contributed by atoms with Crippen LogP contribution in [0.2, 0.25) is 0 Å². The standard InChI is InChI=1S/C19H25FN2O2/c1-13(2)10-18-21-17(15-7-8-16(20)14(3)11-15)6-5-9-22(18)12-19(23)24-4/h6-8,11,13H,5,9-10,12H2,1-4H3.